The number of hydrogen-bond donors (Lipinski definition) is 0. The van der Waals surface area contributed by atoms with E-state index in [1.54, 1.807) is 24.3 Å². The van der Waals surface area contributed by atoms with Crippen LogP contribution in [-0.2, 0) is 6.42 Å². The van der Waals surface area contributed by atoms with Gasteiger partial charge in [0.15, 0.2) is 0 Å². The average Bonchev–Trinajstić information content (AvgIpc) is 2.03. The number of nitrogens with zero attached hydrogens (tertiary/aromatic N) is 1. The Balaban J connectivity index is 2.53. The monoisotopic (exact) mass is 185 g/mol. The van der Waals surface area contributed by atoms with Gasteiger partial charge in [0.2, 0.25) is 6.54 Å². The lowest BCUT2D eigenvalue weighted by Crippen LogP contribution is -2.03. The molecule has 0 spiro atoms. The van der Waals surface area contributed by atoms with Crippen molar-refractivity contribution in [2.75, 3.05) is 6.54 Å². The maximum absolute atomic E-state index is 10.0. The molecule has 3 nitrogen and oxygen atoms in total. The minimum atomic E-state index is -0.325. The van der Waals surface area contributed by atoms with Crippen LogP contribution >= 0.6 is 11.6 Å². The molecule has 0 heterocycles. The maximum Gasteiger partial charge on any atom is 0.207 e. The van der Waals surface area contributed by atoms with E-state index in [0.717, 1.165) is 5.56 Å². The summed E-state index contributed by atoms with van der Waals surface area (Å²) in [7, 11) is 0. The fourth-order valence-corrected chi connectivity index (χ4v) is 0.997. The van der Waals surface area contributed by atoms with Crippen LogP contribution in [0.3, 0.4) is 0 Å². The molecule has 0 aromatic heterocycles. The molecule has 0 aliphatic rings. The van der Waals surface area contributed by atoms with Crippen molar-refractivity contribution in [1.29, 1.82) is 0 Å². The van der Waals surface area contributed by atoms with E-state index >= 15 is 0 Å². The Morgan fingerprint density at radius 1 is 1.33 bits per heavy atom. The highest BCUT2D eigenvalue weighted by molar-refractivity contribution is 6.30. The molecule has 1 aromatic carbocycles. The first kappa shape index (κ1) is 9.00. The molecule has 4 heteroatoms. The Morgan fingerprint density at radius 3 is 2.42 bits per heavy atom. The Hall–Kier alpha value is -1.09. The third-order valence-corrected chi connectivity index (χ3v) is 1.75. The molecule has 0 aliphatic carbocycles. The van der Waals surface area contributed by atoms with Crippen LogP contribution in [0.2, 0.25) is 5.02 Å². The SMILES string of the molecule is O=[N+]([O-])CCc1ccc(Cl)cc1. The van der Waals surface area contributed by atoms with Crippen molar-refractivity contribution in [3.63, 3.8) is 0 Å². The Kier molecular flexibility index (Phi) is 3.05. The van der Waals surface area contributed by atoms with Gasteiger partial charge in [-0.1, -0.05) is 23.7 Å². The lowest BCUT2D eigenvalue weighted by atomic mass is 10.2. The summed E-state index contributed by atoms with van der Waals surface area (Å²) in [5, 5.41) is 10.7. The quantitative estimate of drug-likeness (QED) is 0.535. The van der Waals surface area contributed by atoms with Crippen molar-refractivity contribution in [3.8, 4) is 0 Å². The zero-order valence-electron chi connectivity index (χ0n) is 6.37. The predicted molar refractivity (Wildman–Crippen MR) is 47.0 cm³/mol. The highest BCUT2D eigenvalue weighted by atomic mass is 35.5. The molecule has 0 saturated carbocycles. The maximum atomic E-state index is 10.0. The normalized spacial score (nSPS) is 9.75. The number of nitro groups is 1. The standard InChI is InChI=1S/C8H8ClNO2/c9-8-3-1-7(2-4-8)5-6-10(11)12/h1-4H,5-6H2. The van der Waals surface area contributed by atoms with Gasteiger partial charge in [0.25, 0.3) is 0 Å². The van der Waals surface area contributed by atoms with E-state index in [2.05, 4.69) is 0 Å². The lowest BCUT2D eigenvalue weighted by molar-refractivity contribution is -0.479. The fraction of sp³-hybridized carbons (Fsp3) is 0.250. The van der Waals surface area contributed by atoms with Crippen molar-refractivity contribution in [2.24, 2.45) is 0 Å². The van der Waals surface area contributed by atoms with Crippen molar-refractivity contribution in [1.82, 2.24) is 0 Å². The summed E-state index contributed by atoms with van der Waals surface area (Å²) in [4.78, 5) is 9.69. The molecule has 0 unspecified atom stereocenters. The summed E-state index contributed by atoms with van der Waals surface area (Å²) in [5.74, 6) is 0. The van der Waals surface area contributed by atoms with Gasteiger partial charge in [-0.3, -0.25) is 10.1 Å². The Labute approximate surface area is 75.1 Å². The summed E-state index contributed by atoms with van der Waals surface area (Å²) < 4.78 is 0. The third kappa shape index (κ3) is 2.88. The van der Waals surface area contributed by atoms with Gasteiger partial charge in [-0.2, -0.15) is 0 Å². The lowest BCUT2D eigenvalue weighted by Gasteiger charge is -1.96. The summed E-state index contributed by atoms with van der Waals surface area (Å²) in [6, 6.07) is 7.06. The van der Waals surface area contributed by atoms with Gasteiger partial charge in [0, 0.05) is 16.4 Å². The van der Waals surface area contributed by atoms with Crippen LogP contribution in [0.25, 0.3) is 0 Å². The largest absolute Gasteiger partial charge is 0.265 e. The molecule has 0 bridgehead atoms. The first-order valence-electron chi connectivity index (χ1n) is 3.55. The van der Waals surface area contributed by atoms with Gasteiger partial charge < -0.3 is 0 Å². The second kappa shape index (κ2) is 4.07. The minimum Gasteiger partial charge on any atom is -0.265 e. The molecule has 1 rings (SSSR count). The van der Waals surface area contributed by atoms with Gasteiger partial charge in [-0.25, -0.2) is 0 Å². The molecule has 1 aromatic rings. The van der Waals surface area contributed by atoms with E-state index < -0.39 is 0 Å². The predicted octanol–water partition coefficient (Wildman–Crippen LogP) is 2.16. The molecule has 64 valence electrons. The topological polar surface area (TPSA) is 43.1 Å². The van der Waals surface area contributed by atoms with Crippen LogP contribution in [0.1, 0.15) is 5.56 Å². The van der Waals surface area contributed by atoms with Gasteiger partial charge in [-0.05, 0) is 17.7 Å². The van der Waals surface area contributed by atoms with Gasteiger partial charge >= 0.3 is 0 Å². The zero-order valence-corrected chi connectivity index (χ0v) is 7.12. The molecule has 0 radical (unpaired) electrons. The highest BCUT2D eigenvalue weighted by Gasteiger charge is 1.98. The molecular weight excluding hydrogens is 178 g/mol. The first-order chi connectivity index (χ1) is 5.68. The van der Waals surface area contributed by atoms with E-state index in [9.17, 15) is 10.1 Å². The fourth-order valence-electron chi connectivity index (χ4n) is 0.871. The highest BCUT2D eigenvalue weighted by Crippen LogP contribution is 2.09. The molecule has 0 fully saturated rings. The van der Waals surface area contributed by atoms with E-state index in [-0.39, 0.29) is 11.5 Å². The summed E-state index contributed by atoms with van der Waals surface area (Å²) >= 11 is 5.64. The Morgan fingerprint density at radius 2 is 1.92 bits per heavy atom. The summed E-state index contributed by atoms with van der Waals surface area (Å²) in [6.45, 7) is -0.0262. The molecule has 0 aliphatic heterocycles. The molecular formula is C8H8ClNO2. The molecule has 0 saturated heterocycles. The van der Waals surface area contributed by atoms with Crippen molar-refractivity contribution in [3.05, 3.63) is 45.0 Å². The van der Waals surface area contributed by atoms with E-state index in [1.165, 1.54) is 0 Å². The second-order valence-electron chi connectivity index (χ2n) is 2.43. The minimum absolute atomic E-state index is 0.0262. The molecule has 12 heavy (non-hydrogen) atoms. The molecule has 0 N–H and O–H groups in total. The van der Waals surface area contributed by atoms with Crippen molar-refractivity contribution < 1.29 is 4.92 Å². The van der Waals surface area contributed by atoms with Gasteiger partial charge in [0.1, 0.15) is 0 Å². The number of benzene rings is 1. The second-order valence-corrected chi connectivity index (χ2v) is 2.87. The summed E-state index contributed by atoms with van der Waals surface area (Å²) in [5.41, 5.74) is 0.941. The van der Waals surface area contributed by atoms with Crippen LogP contribution < -0.4 is 0 Å². The van der Waals surface area contributed by atoms with Crippen LogP contribution in [0, 0.1) is 10.1 Å². The van der Waals surface area contributed by atoms with Gasteiger partial charge in [-0.15, -0.1) is 0 Å². The van der Waals surface area contributed by atoms with Crippen LogP contribution in [0.4, 0.5) is 0 Å². The van der Waals surface area contributed by atoms with Crippen LogP contribution in [0.5, 0.6) is 0 Å². The van der Waals surface area contributed by atoms with Crippen LogP contribution in [-0.4, -0.2) is 11.5 Å². The zero-order chi connectivity index (χ0) is 8.97. The molecule has 0 amide bonds. The van der Waals surface area contributed by atoms with Gasteiger partial charge in [0.05, 0.1) is 0 Å². The Bertz CT molecular complexity index is 271. The first-order valence-corrected chi connectivity index (χ1v) is 3.92. The third-order valence-electron chi connectivity index (χ3n) is 1.50. The van der Waals surface area contributed by atoms with E-state index in [0.29, 0.717) is 11.4 Å². The van der Waals surface area contributed by atoms with E-state index in [1.807, 2.05) is 0 Å². The van der Waals surface area contributed by atoms with Crippen LogP contribution in [0.15, 0.2) is 24.3 Å². The number of halogens is 1. The number of rotatable bonds is 3. The smallest absolute Gasteiger partial charge is 0.207 e. The van der Waals surface area contributed by atoms with E-state index in [4.69, 9.17) is 11.6 Å². The summed E-state index contributed by atoms with van der Waals surface area (Å²) in [6.07, 6.45) is 0.462. The number of hydrogen-bond acceptors (Lipinski definition) is 2. The molecule has 0 atom stereocenters. The van der Waals surface area contributed by atoms with Crippen molar-refractivity contribution >= 4 is 11.6 Å². The van der Waals surface area contributed by atoms with Crippen molar-refractivity contribution in [2.45, 2.75) is 6.42 Å². The average molecular weight is 186 g/mol.